The minimum atomic E-state index is -0.717. The number of nitrogens with one attached hydrogen (secondary N) is 2. The van der Waals surface area contributed by atoms with Gasteiger partial charge in [-0.25, -0.2) is 4.79 Å². The van der Waals surface area contributed by atoms with Crippen LogP contribution in [0.15, 0.2) is 24.3 Å². The third-order valence-electron chi connectivity index (χ3n) is 2.84. The van der Waals surface area contributed by atoms with Crippen LogP contribution in [0.3, 0.4) is 0 Å². The summed E-state index contributed by atoms with van der Waals surface area (Å²) in [6.45, 7) is 2.32. The second-order valence-electron chi connectivity index (χ2n) is 4.91. The number of carbonyl (C=O) groups excluding carboxylic acids is 1. The topological polar surface area (TPSA) is 70.6 Å². The first-order chi connectivity index (χ1) is 9.13. The van der Waals surface area contributed by atoms with E-state index in [0.29, 0.717) is 6.04 Å². The normalized spacial score (nSPS) is 15.7. The minimum absolute atomic E-state index is 0.160. The van der Waals surface area contributed by atoms with Crippen molar-refractivity contribution >= 4 is 6.03 Å². The van der Waals surface area contributed by atoms with E-state index in [-0.39, 0.29) is 19.2 Å². The van der Waals surface area contributed by atoms with Crippen molar-refractivity contribution in [2.24, 2.45) is 0 Å². The summed E-state index contributed by atoms with van der Waals surface area (Å²) < 4.78 is 5.45. The number of carbonyl (C=O) groups is 1. The molecule has 5 nitrogen and oxygen atoms in total. The Kier molecular flexibility index (Phi) is 4.63. The highest BCUT2D eigenvalue weighted by Crippen LogP contribution is 2.18. The van der Waals surface area contributed by atoms with Gasteiger partial charge in [-0.1, -0.05) is 12.1 Å². The molecule has 19 heavy (non-hydrogen) atoms. The second kappa shape index (κ2) is 6.43. The lowest BCUT2D eigenvalue weighted by molar-refractivity contribution is 0.108. The Hall–Kier alpha value is -1.75. The number of aliphatic hydroxyl groups excluding tert-OH is 1. The summed E-state index contributed by atoms with van der Waals surface area (Å²) in [7, 11) is 0. The molecule has 1 atom stereocenters. The van der Waals surface area contributed by atoms with E-state index in [0.717, 1.165) is 24.2 Å². The maximum absolute atomic E-state index is 11.3. The molecule has 1 aliphatic carbocycles. The van der Waals surface area contributed by atoms with Crippen molar-refractivity contribution < 1.29 is 14.6 Å². The summed E-state index contributed by atoms with van der Waals surface area (Å²) >= 11 is 0. The van der Waals surface area contributed by atoms with Crippen LogP contribution in [0.25, 0.3) is 0 Å². The molecule has 1 saturated carbocycles. The van der Waals surface area contributed by atoms with Crippen LogP contribution in [0.1, 0.15) is 18.4 Å². The molecule has 0 bridgehead atoms. The Morgan fingerprint density at radius 2 is 2.32 bits per heavy atom. The van der Waals surface area contributed by atoms with Gasteiger partial charge in [-0.05, 0) is 37.5 Å². The van der Waals surface area contributed by atoms with Gasteiger partial charge in [0, 0.05) is 12.6 Å². The molecule has 1 fully saturated rings. The van der Waals surface area contributed by atoms with Crippen LogP contribution in [0, 0.1) is 6.92 Å². The molecule has 1 aromatic rings. The average molecular weight is 264 g/mol. The number of ether oxygens (including phenoxy) is 1. The third kappa shape index (κ3) is 5.18. The van der Waals surface area contributed by atoms with Crippen LogP contribution in [-0.4, -0.2) is 36.4 Å². The zero-order valence-electron chi connectivity index (χ0n) is 11.1. The molecule has 104 valence electrons. The first-order valence-corrected chi connectivity index (χ1v) is 6.55. The van der Waals surface area contributed by atoms with Gasteiger partial charge in [0.1, 0.15) is 18.5 Å². The van der Waals surface area contributed by atoms with Gasteiger partial charge in [0.05, 0.1) is 0 Å². The van der Waals surface area contributed by atoms with E-state index in [9.17, 15) is 9.90 Å². The lowest BCUT2D eigenvalue weighted by Gasteiger charge is -2.14. The Morgan fingerprint density at radius 3 is 3.00 bits per heavy atom. The maximum atomic E-state index is 11.3. The molecule has 1 aromatic carbocycles. The Balaban J connectivity index is 1.63. The number of amides is 2. The summed E-state index contributed by atoms with van der Waals surface area (Å²) in [6, 6.07) is 7.72. The van der Waals surface area contributed by atoms with E-state index >= 15 is 0 Å². The van der Waals surface area contributed by atoms with Gasteiger partial charge < -0.3 is 20.5 Å². The molecule has 0 heterocycles. The number of aliphatic hydroxyl groups is 1. The van der Waals surface area contributed by atoms with E-state index in [1.54, 1.807) is 0 Å². The van der Waals surface area contributed by atoms with Gasteiger partial charge in [0.25, 0.3) is 0 Å². The Labute approximate surface area is 113 Å². The summed E-state index contributed by atoms with van der Waals surface area (Å²) in [5.74, 6) is 0.724. The molecule has 5 heteroatoms. The van der Waals surface area contributed by atoms with Gasteiger partial charge >= 0.3 is 6.03 Å². The number of hydrogen-bond donors (Lipinski definition) is 3. The van der Waals surface area contributed by atoms with Gasteiger partial charge in [-0.2, -0.15) is 0 Å². The van der Waals surface area contributed by atoms with Gasteiger partial charge in [-0.15, -0.1) is 0 Å². The lowest BCUT2D eigenvalue weighted by atomic mass is 10.2. The van der Waals surface area contributed by atoms with E-state index < -0.39 is 6.10 Å². The standard InChI is InChI=1S/C14H20N2O3/c1-10-3-2-4-13(7-10)19-9-12(17)8-15-14(18)16-11-5-6-11/h2-4,7,11-12,17H,5-6,8-9H2,1H3,(H2,15,16,18). The van der Waals surface area contributed by atoms with Crippen molar-refractivity contribution in [3.05, 3.63) is 29.8 Å². The van der Waals surface area contributed by atoms with E-state index in [1.165, 1.54) is 0 Å². The van der Waals surface area contributed by atoms with E-state index in [1.807, 2.05) is 31.2 Å². The van der Waals surface area contributed by atoms with E-state index in [4.69, 9.17) is 4.74 Å². The fourth-order valence-corrected chi connectivity index (χ4v) is 1.63. The highest BCUT2D eigenvalue weighted by molar-refractivity contribution is 5.74. The molecule has 0 aliphatic heterocycles. The number of urea groups is 1. The number of benzene rings is 1. The van der Waals surface area contributed by atoms with Gasteiger partial charge in [0.15, 0.2) is 0 Å². The molecule has 2 rings (SSSR count). The van der Waals surface area contributed by atoms with Crippen molar-refractivity contribution in [3.8, 4) is 5.75 Å². The Bertz CT molecular complexity index is 432. The molecule has 1 unspecified atom stereocenters. The average Bonchev–Trinajstić information content (AvgIpc) is 3.18. The zero-order chi connectivity index (χ0) is 13.7. The zero-order valence-corrected chi connectivity index (χ0v) is 11.1. The summed E-state index contributed by atoms with van der Waals surface area (Å²) in [4.78, 5) is 11.3. The van der Waals surface area contributed by atoms with Crippen LogP contribution in [0.5, 0.6) is 5.75 Å². The van der Waals surface area contributed by atoms with Crippen LogP contribution in [0.2, 0.25) is 0 Å². The lowest BCUT2D eigenvalue weighted by Crippen LogP contribution is -2.42. The SMILES string of the molecule is Cc1cccc(OCC(O)CNC(=O)NC2CC2)c1. The number of rotatable bonds is 6. The largest absolute Gasteiger partial charge is 0.491 e. The number of aryl methyl sites for hydroxylation is 1. The quantitative estimate of drug-likeness (QED) is 0.723. The molecule has 0 aromatic heterocycles. The van der Waals surface area contributed by atoms with Crippen LogP contribution in [0.4, 0.5) is 4.79 Å². The Morgan fingerprint density at radius 1 is 1.53 bits per heavy atom. The monoisotopic (exact) mass is 264 g/mol. The van der Waals surface area contributed by atoms with Crippen molar-refractivity contribution in [1.29, 1.82) is 0 Å². The van der Waals surface area contributed by atoms with Crippen LogP contribution in [-0.2, 0) is 0 Å². The minimum Gasteiger partial charge on any atom is -0.491 e. The van der Waals surface area contributed by atoms with Gasteiger partial charge in [0.2, 0.25) is 0 Å². The third-order valence-corrected chi connectivity index (χ3v) is 2.84. The summed E-state index contributed by atoms with van der Waals surface area (Å²) in [6.07, 6.45) is 1.38. The first-order valence-electron chi connectivity index (χ1n) is 6.55. The van der Waals surface area contributed by atoms with Crippen LogP contribution >= 0.6 is 0 Å². The number of hydrogen-bond acceptors (Lipinski definition) is 3. The predicted molar refractivity (Wildman–Crippen MR) is 72.2 cm³/mol. The molecule has 3 N–H and O–H groups in total. The summed E-state index contributed by atoms with van der Waals surface area (Å²) in [5, 5.41) is 15.1. The molecule has 2 amide bonds. The van der Waals surface area contributed by atoms with Crippen molar-refractivity contribution in [1.82, 2.24) is 10.6 Å². The molecule has 0 radical (unpaired) electrons. The second-order valence-corrected chi connectivity index (χ2v) is 4.91. The van der Waals surface area contributed by atoms with Crippen LogP contribution < -0.4 is 15.4 Å². The smallest absolute Gasteiger partial charge is 0.315 e. The molecule has 1 aliphatic rings. The van der Waals surface area contributed by atoms with E-state index in [2.05, 4.69) is 10.6 Å². The highest BCUT2D eigenvalue weighted by atomic mass is 16.5. The van der Waals surface area contributed by atoms with Crippen molar-refractivity contribution in [3.63, 3.8) is 0 Å². The molecule has 0 spiro atoms. The first kappa shape index (κ1) is 13.7. The van der Waals surface area contributed by atoms with Crippen molar-refractivity contribution in [2.75, 3.05) is 13.2 Å². The maximum Gasteiger partial charge on any atom is 0.315 e. The molecular weight excluding hydrogens is 244 g/mol. The fraction of sp³-hybridized carbons (Fsp3) is 0.500. The highest BCUT2D eigenvalue weighted by Gasteiger charge is 2.23. The molecular formula is C14H20N2O3. The predicted octanol–water partition coefficient (Wildman–Crippen LogP) is 1.20. The van der Waals surface area contributed by atoms with Crippen molar-refractivity contribution in [2.45, 2.75) is 31.9 Å². The molecule has 0 saturated heterocycles. The van der Waals surface area contributed by atoms with Gasteiger partial charge in [-0.3, -0.25) is 0 Å². The summed E-state index contributed by atoms with van der Waals surface area (Å²) in [5.41, 5.74) is 1.11. The fourth-order valence-electron chi connectivity index (χ4n) is 1.63.